The highest BCUT2D eigenvalue weighted by atomic mass is 32.2. The quantitative estimate of drug-likeness (QED) is 0.710. The van der Waals surface area contributed by atoms with E-state index in [9.17, 15) is 4.79 Å². The number of anilines is 1. The third-order valence-corrected chi connectivity index (χ3v) is 5.12. The maximum absolute atomic E-state index is 12.9. The Morgan fingerprint density at radius 3 is 2.80 bits per heavy atom. The number of benzene rings is 2. The van der Waals surface area contributed by atoms with Gasteiger partial charge in [0.2, 0.25) is 0 Å². The Balaban J connectivity index is 1.61. The Hall–Kier alpha value is -2.73. The molecule has 0 N–H and O–H groups in total. The molecule has 0 bridgehead atoms. The highest BCUT2D eigenvalue weighted by Crippen LogP contribution is 2.35. The van der Waals surface area contributed by atoms with Gasteiger partial charge in [-0.25, -0.2) is 0 Å². The number of para-hydroxylation sites is 1. The highest BCUT2D eigenvalue weighted by Gasteiger charge is 2.26. The van der Waals surface area contributed by atoms with Crippen LogP contribution in [0.25, 0.3) is 11.3 Å². The summed E-state index contributed by atoms with van der Waals surface area (Å²) in [4.78, 5) is 15.8. The Morgan fingerprint density at radius 2 is 2.00 bits per heavy atom. The zero-order valence-electron chi connectivity index (χ0n) is 13.6. The van der Waals surface area contributed by atoms with Crippen molar-refractivity contribution in [1.29, 1.82) is 0 Å². The Morgan fingerprint density at radius 1 is 1.20 bits per heavy atom. The normalized spacial score (nSPS) is 13.4. The number of rotatable bonds is 3. The highest BCUT2D eigenvalue weighted by molar-refractivity contribution is 7.99. The summed E-state index contributed by atoms with van der Waals surface area (Å²) in [6.45, 7) is 0.658. The van der Waals surface area contributed by atoms with Crippen LogP contribution < -0.4 is 9.64 Å². The average Bonchev–Trinajstić information content (AvgIpc) is 3.17. The summed E-state index contributed by atoms with van der Waals surface area (Å²) in [6, 6.07) is 17.0. The third-order valence-electron chi connectivity index (χ3n) is 4.08. The number of carbonyl (C=O) groups excluding carboxylic acids is 1. The number of aromatic nitrogens is 1. The molecule has 1 aliphatic rings. The second-order valence-electron chi connectivity index (χ2n) is 5.58. The van der Waals surface area contributed by atoms with Crippen molar-refractivity contribution >= 4 is 23.4 Å². The van der Waals surface area contributed by atoms with Gasteiger partial charge in [0, 0.05) is 28.8 Å². The van der Waals surface area contributed by atoms with E-state index < -0.39 is 0 Å². The Kier molecular flexibility index (Phi) is 4.19. The number of hydrogen-bond donors (Lipinski definition) is 0. The standard InChI is InChI=1S/C19H16N2O3S/c1-23-14-8-6-13(7-9-14)17-12-15(20-24-17)19(22)21-10-11-25-18-5-3-2-4-16(18)21/h2-9,12H,10-11H2,1H3. The fourth-order valence-corrected chi connectivity index (χ4v) is 3.78. The Labute approximate surface area is 149 Å². The van der Waals surface area contributed by atoms with Gasteiger partial charge in [-0.2, -0.15) is 0 Å². The van der Waals surface area contributed by atoms with Gasteiger partial charge in [0.1, 0.15) is 5.75 Å². The van der Waals surface area contributed by atoms with Crippen LogP contribution in [0.1, 0.15) is 10.5 Å². The summed E-state index contributed by atoms with van der Waals surface area (Å²) < 4.78 is 10.5. The lowest BCUT2D eigenvalue weighted by molar-refractivity contribution is 0.0979. The molecule has 126 valence electrons. The van der Waals surface area contributed by atoms with Crippen LogP contribution in [0.15, 0.2) is 64.0 Å². The largest absolute Gasteiger partial charge is 0.497 e. The van der Waals surface area contributed by atoms with Crippen molar-refractivity contribution in [3.63, 3.8) is 0 Å². The first-order valence-corrected chi connectivity index (χ1v) is 8.89. The number of thioether (sulfide) groups is 1. The van der Waals surface area contributed by atoms with Crippen LogP contribution in [0.5, 0.6) is 5.75 Å². The molecule has 0 spiro atoms. The van der Waals surface area contributed by atoms with E-state index in [1.165, 1.54) is 0 Å². The molecule has 2 heterocycles. The van der Waals surface area contributed by atoms with Gasteiger partial charge in [0.25, 0.3) is 5.91 Å². The predicted molar refractivity (Wildman–Crippen MR) is 97.3 cm³/mol. The summed E-state index contributed by atoms with van der Waals surface area (Å²) in [5.74, 6) is 2.05. The van der Waals surface area contributed by atoms with Crippen molar-refractivity contribution in [1.82, 2.24) is 5.16 Å². The van der Waals surface area contributed by atoms with Crippen molar-refractivity contribution in [3.05, 3.63) is 60.3 Å². The van der Waals surface area contributed by atoms with Crippen LogP contribution in [-0.2, 0) is 0 Å². The fraction of sp³-hybridized carbons (Fsp3) is 0.158. The van der Waals surface area contributed by atoms with Crippen LogP contribution in [0, 0.1) is 0 Å². The van der Waals surface area contributed by atoms with E-state index in [1.54, 1.807) is 29.8 Å². The van der Waals surface area contributed by atoms with Gasteiger partial charge < -0.3 is 14.2 Å². The molecule has 1 aromatic heterocycles. The lowest BCUT2D eigenvalue weighted by atomic mass is 10.1. The lowest BCUT2D eigenvalue weighted by Crippen LogP contribution is -2.35. The summed E-state index contributed by atoms with van der Waals surface area (Å²) in [7, 11) is 1.62. The van der Waals surface area contributed by atoms with Gasteiger partial charge in [-0.3, -0.25) is 4.79 Å². The minimum atomic E-state index is -0.142. The number of carbonyl (C=O) groups is 1. The second kappa shape index (κ2) is 6.64. The van der Waals surface area contributed by atoms with Crippen molar-refractivity contribution < 1.29 is 14.1 Å². The molecular formula is C19H16N2O3S. The fourth-order valence-electron chi connectivity index (χ4n) is 2.79. The maximum atomic E-state index is 12.9. The van der Waals surface area contributed by atoms with Crippen LogP contribution in [0.4, 0.5) is 5.69 Å². The molecule has 0 saturated heterocycles. The molecule has 2 aromatic carbocycles. The van der Waals surface area contributed by atoms with Crippen LogP contribution in [0.2, 0.25) is 0 Å². The van der Waals surface area contributed by atoms with Crippen molar-refractivity contribution in [3.8, 4) is 17.1 Å². The second-order valence-corrected chi connectivity index (χ2v) is 6.71. The summed E-state index contributed by atoms with van der Waals surface area (Å²) in [5, 5.41) is 3.98. The molecule has 0 radical (unpaired) electrons. The van der Waals surface area contributed by atoms with Gasteiger partial charge >= 0.3 is 0 Å². The smallest absolute Gasteiger partial charge is 0.280 e. The SMILES string of the molecule is COc1ccc(-c2cc(C(=O)N3CCSc4ccccc43)no2)cc1. The van der Waals surface area contributed by atoms with E-state index in [0.717, 1.165) is 27.6 Å². The summed E-state index contributed by atoms with van der Waals surface area (Å²) in [5.41, 5.74) is 2.09. The molecule has 0 aliphatic carbocycles. The molecule has 6 heteroatoms. The molecule has 0 saturated carbocycles. The summed E-state index contributed by atoms with van der Waals surface area (Å²) in [6.07, 6.45) is 0. The van der Waals surface area contributed by atoms with E-state index in [2.05, 4.69) is 5.16 Å². The first-order valence-electron chi connectivity index (χ1n) is 7.91. The molecule has 3 aromatic rings. The molecular weight excluding hydrogens is 336 g/mol. The topological polar surface area (TPSA) is 55.6 Å². The number of nitrogens with zero attached hydrogens (tertiary/aromatic N) is 2. The van der Waals surface area contributed by atoms with Gasteiger partial charge in [0.15, 0.2) is 11.5 Å². The average molecular weight is 352 g/mol. The minimum Gasteiger partial charge on any atom is -0.497 e. The van der Waals surface area contributed by atoms with Crippen LogP contribution in [0.3, 0.4) is 0 Å². The van der Waals surface area contributed by atoms with E-state index >= 15 is 0 Å². The van der Waals surface area contributed by atoms with E-state index in [-0.39, 0.29) is 5.91 Å². The number of hydrogen-bond acceptors (Lipinski definition) is 5. The molecule has 4 rings (SSSR count). The number of ether oxygens (including phenoxy) is 1. The molecule has 1 aliphatic heterocycles. The van der Waals surface area contributed by atoms with Crippen molar-refractivity contribution in [2.45, 2.75) is 4.90 Å². The molecule has 0 unspecified atom stereocenters. The number of fused-ring (bicyclic) bond motifs is 1. The third kappa shape index (κ3) is 3.00. The molecule has 1 amide bonds. The van der Waals surface area contributed by atoms with Crippen LogP contribution >= 0.6 is 11.8 Å². The zero-order valence-corrected chi connectivity index (χ0v) is 14.5. The molecule has 25 heavy (non-hydrogen) atoms. The first kappa shape index (κ1) is 15.8. The van der Waals surface area contributed by atoms with Gasteiger partial charge in [-0.15, -0.1) is 11.8 Å². The van der Waals surface area contributed by atoms with Crippen LogP contribution in [-0.4, -0.2) is 30.5 Å². The van der Waals surface area contributed by atoms with E-state index in [4.69, 9.17) is 9.26 Å². The van der Waals surface area contributed by atoms with Gasteiger partial charge in [-0.1, -0.05) is 17.3 Å². The Bertz CT molecular complexity index is 905. The number of amides is 1. The monoisotopic (exact) mass is 352 g/mol. The van der Waals surface area contributed by atoms with Gasteiger partial charge in [-0.05, 0) is 36.4 Å². The molecule has 0 atom stereocenters. The molecule has 0 fully saturated rings. The first-order chi connectivity index (χ1) is 12.3. The lowest BCUT2D eigenvalue weighted by Gasteiger charge is -2.28. The summed E-state index contributed by atoms with van der Waals surface area (Å²) >= 11 is 1.76. The maximum Gasteiger partial charge on any atom is 0.280 e. The van der Waals surface area contributed by atoms with E-state index in [1.807, 2.05) is 48.5 Å². The van der Waals surface area contributed by atoms with Crippen molar-refractivity contribution in [2.75, 3.05) is 24.3 Å². The molecule has 5 nitrogen and oxygen atoms in total. The number of methoxy groups -OCH3 is 1. The van der Waals surface area contributed by atoms with Crippen molar-refractivity contribution in [2.24, 2.45) is 0 Å². The zero-order chi connectivity index (χ0) is 17.2. The van der Waals surface area contributed by atoms with E-state index in [0.29, 0.717) is 18.0 Å². The predicted octanol–water partition coefficient (Wildman–Crippen LogP) is 4.10. The minimum absolute atomic E-state index is 0.142. The van der Waals surface area contributed by atoms with Gasteiger partial charge in [0.05, 0.1) is 12.8 Å².